The number of nitrogens with zero attached hydrogens (tertiary/aromatic N) is 3. The largest absolute Gasteiger partial charge is 0.494 e. The van der Waals surface area contributed by atoms with Gasteiger partial charge in [0.1, 0.15) is 11.5 Å². The third-order valence-electron chi connectivity index (χ3n) is 3.29. The normalized spacial score (nSPS) is 10.8. The van der Waals surface area contributed by atoms with Gasteiger partial charge in [-0.3, -0.25) is 0 Å². The van der Waals surface area contributed by atoms with Gasteiger partial charge in [0.05, 0.1) is 19.5 Å². The number of aromatic nitrogens is 3. The van der Waals surface area contributed by atoms with Crippen molar-refractivity contribution in [3.05, 3.63) is 42.7 Å². The molecule has 3 rings (SSSR count). The van der Waals surface area contributed by atoms with Gasteiger partial charge in [0.25, 0.3) is 0 Å². The molecule has 0 spiro atoms. The molecule has 2 heterocycles. The Morgan fingerprint density at radius 2 is 1.83 bits per heavy atom. The average Bonchev–Trinajstić information content (AvgIpc) is 3.23. The van der Waals surface area contributed by atoms with E-state index in [1.165, 1.54) is 0 Å². The SMILES string of the molecule is CCOc1ccc(OCCSc2nnc(-c3ccco3)n2C)cc1. The van der Waals surface area contributed by atoms with E-state index in [9.17, 15) is 0 Å². The maximum Gasteiger partial charge on any atom is 0.200 e. The highest BCUT2D eigenvalue weighted by molar-refractivity contribution is 7.99. The van der Waals surface area contributed by atoms with Crippen LogP contribution in [0.15, 0.2) is 52.2 Å². The first-order chi connectivity index (χ1) is 11.8. The molecule has 0 saturated carbocycles. The Balaban J connectivity index is 1.48. The number of hydrogen-bond donors (Lipinski definition) is 0. The van der Waals surface area contributed by atoms with Gasteiger partial charge in [0.2, 0.25) is 0 Å². The van der Waals surface area contributed by atoms with Crippen molar-refractivity contribution in [1.82, 2.24) is 14.8 Å². The third kappa shape index (κ3) is 3.91. The summed E-state index contributed by atoms with van der Waals surface area (Å²) < 4.78 is 18.4. The fourth-order valence-corrected chi connectivity index (χ4v) is 2.88. The van der Waals surface area contributed by atoms with Gasteiger partial charge in [-0.1, -0.05) is 11.8 Å². The zero-order chi connectivity index (χ0) is 16.8. The van der Waals surface area contributed by atoms with E-state index < -0.39 is 0 Å². The molecule has 0 bridgehead atoms. The molecule has 0 aliphatic rings. The second-order valence-electron chi connectivity index (χ2n) is 4.94. The summed E-state index contributed by atoms with van der Waals surface area (Å²) in [7, 11) is 1.92. The minimum atomic E-state index is 0.585. The number of rotatable bonds is 8. The zero-order valence-electron chi connectivity index (χ0n) is 13.6. The fourth-order valence-electron chi connectivity index (χ4n) is 2.15. The summed E-state index contributed by atoms with van der Waals surface area (Å²) in [5, 5.41) is 9.19. The van der Waals surface area contributed by atoms with Crippen LogP contribution in [0.1, 0.15) is 6.92 Å². The molecule has 0 amide bonds. The predicted octanol–water partition coefficient (Wildman–Crippen LogP) is 3.64. The molecule has 0 saturated heterocycles. The summed E-state index contributed by atoms with van der Waals surface area (Å²) in [5.74, 6) is 3.88. The van der Waals surface area contributed by atoms with Gasteiger partial charge >= 0.3 is 0 Å². The van der Waals surface area contributed by atoms with E-state index in [0.29, 0.717) is 19.0 Å². The summed E-state index contributed by atoms with van der Waals surface area (Å²) in [4.78, 5) is 0. The van der Waals surface area contributed by atoms with Gasteiger partial charge in [-0.05, 0) is 43.3 Å². The van der Waals surface area contributed by atoms with Gasteiger partial charge in [0, 0.05) is 12.8 Å². The number of hydrogen-bond acceptors (Lipinski definition) is 6. The van der Waals surface area contributed by atoms with Crippen LogP contribution in [0.2, 0.25) is 0 Å². The molecular weight excluding hydrogens is 326 g/mol. The molecule has 0 aliphatic heterocycles. The predicted molar refractivity (Wildman–Crippen MR) is 92.5 cm³/mol. The third-order valence-corrected chi connectivity index (χ3v) is 4.28. The van der Waals surface area contributed by atoms with Crippen LogP contribution in [0.4, 0.5) is 0 Å². The number of furan rings is 1. The van der Waals surface area contributed by atoms with Crippen LogP contribution in [-0.2, 0) is 7.05 Å². The Labute approximate surface area is 144 Å². The lowest BCUT2D eigenvalue weighted by Crippen LogP contribution is -2.02. The van der Waals surface area contributed by atoms with Crippen molar-refractivity contribution in [2.45, 2.75) is 12.1 Å². The van der Waals surface area contributed by atoms with Crippen molar-refractivity contribution >= 4 is 11.8 Å². The van der Waals surface area contributed by atoms with Crippen LogP contribution in [0.3, 0.4) is 0 Å². The molecule has 24 heavy (non-hydrogen) atoms. The Bertz CT molecular complexity index is 754. The fraction of sp³-hybridized carbons (Fsp3) is 0.294. The highest BCUT2D eigenvalue weighted by atomic mass is 32.2. The zero-order valence-corrected chi connectivity index (χ0v) is 14.5. The number of thioether (sulfide) groups is 1. The molecular formula is C17H19N3O3S. The lowest BCUT2D eigenvalue weighted by molar-refractivity contribution is 0.332. The second-order valence-corrected chi connectivity index (χ2v) is 6.01. The maximum absolute atomic E-state index is 5.73. The average molecular weight is 345 g/mol. The van der Waals surface area contributed by atoms with Crippen LogP contribution >= 0.6 is 11.8 Å². The first-order valence-corrected chi connectivity index (χ1v) is 8.68. The summed E-state index contributed by atoms with van der Waals surface area (Å²) >= 11 is 1.59. The minimum absolute atomic E-state index is 0.585. The van der Waals surface area contributed by atoms with Gasteiger partial charge in [0.15, 0.2) is 16.7 Å². The molecule has 0 aliphatic carbocycles. The van der Waals surface area contributed by atoms with Crippen LogP contribution in [-0.4, -0.2) is 33.7 Å². The summed E-state index contributed by atoms with van der Waals surface area (Å²) in [6.07, 6.45) is 1.63. The van der Waals surface area contributed by atoms with Crippen LogP contribution in [0, 0.1) is 0 Å². The summed E-state index contributed by atoms with van der Waals surface area (Å²) in [6.45, 7) is 3.21. The molecule has 0 N–H and O–H groups in total. The molecule has 0 atom stereocenters. The van der Waals surface area contributed by atoms with Crippen molar-refractivity contribution in [2.24, 2.45) is 7.05 Å². The van der Waals surface area contributed by atoms with E-state index in [1.807, 2.05) is 54.9 Å². The van der Waals surface area contributed by atoms with Crippen molar-refractivity contribution in [1.29, 1.82) is 0 Å². The Hall–Kier alpha value is -2.41. The van der Waals surface area contributed by atoms with E-state index in [-0.39, 0.29) is 0 Å². The quantitative estimate of drug-likeness (QED) is 0.459. The summed E-state index contributed by atoms with van der Waals surface area (Å²) in [6, 6.07) is 11.3. The van der Waals surface area contributed by atoms with Crippen LogP contribution < -0.4 is 9.47 Å². The molecule has 0 fully saturated rings. The monoisotopic (exact) mass is 345 g/mol. The van der Waals surface area contributed by atoms with E-state index >= 15 is 0 Å². The van der Waals surface area contributed by atoms with E-state index in [1.54, 1.807) is 18.0 Å². The van der Waals surface area contributed by atoms with Gasteiger partial charge in [-0.15, -0.1) is 10.2 Å². The Morgan fingerprint density at radius 3 is 2.50 bits per heavy atom. The van der Waals surface area contributed by atoms with Crippen molar-refractivity contribution in [2.75, 3.05) is 19.0 Å². The lowest BCUT2D eigenvalue weighted by atomic mass is 10.3. The molecule has 3 aromatic rings. The number of benzene rings is 1. The molecule has 0 unspecified atom stereocenters. The van der Waals surface area contributed by atoms with Crippen LogP contribution in [0.5, 0.6) is 11.5 Å². The van der Waals surface area contributed by atoms with Gasteiger partial charge in [-0.2, -0.15) is 0 Å². The molecule has 1 aromatic carbocycles. The van der Waals surface area contributed by atoms with Gasteiger partial charge < -0.3 is 18.5 Å². The Morgan fingerprint density at radius 1 is 1.08 bits per heavy atom. The second kappa shape index (κ2) is 7.92. The topological polar surface area (TPSA) is 62.3 Å². The molecule has 6 nitrogen and oxygen atoms in total. The van der Waals surface area contributed by atoms with Crippen molar-refractivity contribution in [3.63, 3.8) is 0 Å². The van der Waals surface area contributed by atoms with Gasteiger partial charge in [-0.25, -0.2) is 0 Å². The first-order valence-electron chi connectivity index (χ1n) is 7.69. The maximum atomic E-state index is 5.73. The molecule has 7 heteroatoms. The summed E-state index contributed by atoms with van der Waals surface area (Å²) in [5.41, 5.74) is 0. The smallest absolute Gasteiger partial charge is 0.200 e. The van der Waals surface area contributed by atoms with E-state index in [2.05, 4.69) is 10.2 Å². The highest BCUT2D eigenvalue weighted by Gasteiger charge is 2.12. The first kappa shape index (κ1) is 16.4. The standard InChI is InChI=1S/C17H19N3O3S/c1-3-21-13-6-8-14(9-7-13)22-11-12-24-17-19-18-16(20(17)2)15-5-4-10-23-15/h4-10H,3,11-12H2,1-2H3. The highest BCUT2D eigenvalue weighted by Crippen LogP contribution is 2.23. The van der Waals surface area contributed by atoms with E-state index in [0.717, 1.165) is 28.2 Å². The molecule has 0 radical (unpaired) electrons. The minimum Gasteiger partial charge on any atom is -0.494 e. The molecule has 2 aromatic heterocycles. The number of ether oxygens (including phenoxy) is 2. The van der Waals surface area contributed by atoms with Crippen molar-refractivity contribution in [3.8, 4) is 23.1 Å². The Kier molecular flexibility index (Phi) is 5.43. The van der Waals surface area contributed by atoms with Crippen LogP contribution in [0.25, 0.3) is 11.6 Å². The van der Waals surface area contributed by atoms with E-state index in [4.69, 9.17) is 13.9 Å². The van der Waals surface area contributed by atoms with Crippen molar-refractivity contribution < 1.29 is 13.9 Å². The molecule has 126 valence electrons. The lowest BCUT2D eigenvalue weighted by Gasteiger charge is -2.07.